The van der Waals surface area contributed by atoms with E-state index in [1.807, 2.05) is 0 Å². The lowest BCUT2D eigenvalue weighted by molar-refractivity contribution is -0.384. The number of anilines is 2. The van der Waals surface area contributed by atoms with E-state index in [0.717, 1.165) is 36.5 Å². The number of alkyl halides is 3. The zero-order valence-electron chi connectivity index (χ0n) is 17.4. The van der Waals surface area contributed by atoms with E-state index in [0.29, 0.717) is 5.56 Å². The second-order valence-corrected chi connectivity index (χ2v) is 8.41. The molecule has 0 unspecified atom stereocenters. The maximum atomic E-state index is 12.7. The minimum absolute atomic E-state index is 0.121. The highest BCUT2D eigenvalue weighted by molar-refractivity contribution is 7.92. The van der Waals surface area contributed by atoms with Gasteiger partial charge in [-0.15, -0.1) is 0 Å². The Labute approximate surface area is 192 Å². The maximum Gasteiger partial charge on any atom is 0.416 e. The Kier molecular flexibility index (Phi) is 7.05. The predicted octanol–water partition coefficient (Wildman–Crippen LogP) is 4.87. The number of nitro benzene ring substituents is 1. The molecule has 0 aliphatic carbocycles. The highest BCUT2D eigenvalue weighted by Crippen LogP contribution is 2.31. The van der Waals surface area contributed by atoms with Crippen LogP contribution in [0.4, 0.5) is 30.2 Å². The number of rotatable bonds is 8. The fourth-order valence-electron chi connectivity index (χ4n) is 2.79. The van der Waals surface area contributed by atoms with Crippen LogP contribution in [0.1, 0.15) is 11.1 Å². The van der Waals surface area contributed by atoms with E-state index >= 15 is 0 Å². The van der Waals surface area contributed by atoms with E-state index < -0.39 is 32.4 Å². The summed E-state index contributed by atoms with van der Waals surface area (Å²) in [7, 11) is -2.83. The van der Waals surface area contributed by atoms with Crippen LogP contribution >= 0.6 is 0 Å². The van der Waals surface area contributed by atoms with Crippen LogP contribution in [-0.2, 0) is 16.2 Å². The lowest BCUT2D eigenvalue weighted by Gasteiger charge is -2.12. The zero-order chi connectivity index (χ0) is 24.9. The molecule has 178 valence electrons. The quantitative estimate of drug-likeness (QED) is 0.262. The summed E-state index contributed by atoms with van der Waals surface area (Å²) in [6.45, 7) is 0. The number of nitrogens with one attached hydrogen (secondary N) is 2. The lowest BCUT2D eigenvalue weighted by atomic mass is 10.1. The molecule has 13 heteroatoms. The van der Waals surface area contributed by atoms with Gasteiger partial charge < -0.3 is 4.74 Å². The Morgan fingerprint density at radius 2 is 1.71 bits per heavy atom. The van der Waals surface area contributed by atoms with Crippen LogP contribution in [0.2, 0.25) is 0 Å². The average molecular weight is 494 g/mol. The van der Waals surface area contributed by atoms with E-state index in [1.165, 1.54) is 25.3 Å². The first-order valence-corrected chi connectivity index (χ1v) is 10.9. The number of halogens is 3. The molecule has 0 saturated heterocycles. The second kappa shape index (κ2) is 9.79. The molecule has 0 spiro atoms. The Balaban J connectivity index is 1.81. The molecule has 0 aromatic heterocycles. The number of para-hydroxylation sites is 2. The molecule has 0 heterocycles. The van der Waals surface area contributed by atoms with E-state index in [1.54, 1.807) is 18.2 Å². The molecule has 9 nitrogen and oxygen atoms in total. The van der Waals surface area contributed by atoms with Crippen molar-refractivity contribution in [3.63, 3.8) is 0 Å². The molecule has 0 fully saturated rings. The van der Waals surface area contributed by atoms with Gasteiger partial charge in [-0.3, -0.25) is 20.3 Å². The number of sulfonamides is 1. The van der Waals surface area contributed by atoms with Gasteiger partial charge in [0.15, 0.2) is 0 Å². The van der Waals surface area contributed by atoms with Gasteiger partial charge in [-0.05, 0) is 42.0 Å². The van der Waals surface area contributed by atoms with Crippen LogP contribution in [0.15, 0.2) is 76.7 Å². The van der Waals surface area contributed by atoms with Crippen molar-refractivity contribution in [2.45, 2.75) is 11.1 Å². The number of hydrogen-bond acceptors (Lipinski definition) is 7. The maximum absolute atomic E-state index is 12.7. The number of methoxy groups -OCH3 is 1. The predicted molar refractivity (Wildman–Crippen MR) is 120 cm³/mol. The summed E-state index contributed by atoms with van der Waals surface area (Å²) in [6, 6.07) is 13.5. The molecular weight excluding hydrogens is 477 g/mol. The molecule has 0 saturated carbocycles. The molecule has 3 rings (SSSR count). The van der Waals surface area contributed by atoms with Crippen LogP contribution in [0, 0.1) is 10.1 Å². The molecular formula is C21H17F3N4O5S. The fraction of sp³-hybridized carbons (Fsp3) is 0.0952. The Bertz CT molecular complexity index is 1330. The lowest BCUT2D eigenvalue weighted by Crippen LogP contribution is -2.14. The van der Waals surface area contributed by atoms with Gasteiger partial charge in [0.05, 0.1) is 34.4 Å². The van der Waals surface area contributed by atoms with Crippen LogP contribution in [0.3, 0.4) is 0 Å². The summed E-state index contributed by atoms with van der Waals surface area (Å²) in [6.07, 6.45) is -3.31. The van der Waals surface area contributed by atoms with Crippen LogP contribution < -0.4 is 14.9 Å². The van der Waals surface area contributed by atoms with Gasteiger partial charge in [-0.25, -0.2) is 8.42 Å². The topological polar surface area (TPSA) is 123 Å². The standard InChI is InChI=1S/C21H17F3N4O5S/c1-33-20-5-3-2-4-18(20)27-34(31,32)16-10-11-17(19(12-16)28(29)30)26-25-13-14-6-8-15(9-7-14)21(22,23)24/h2-13,26-27H,1H3/b25-13+. The van der Waals surface area contributed by atoms with Gasteiger partial charge >= 0.3 is 6.18 Å². The monoisotopic (exact) mass is 494 g/mol. The van der Waals surface area contributed by atoms with Crippen molar-refractivity contribution in [3.8, 4) is 5.75 Å². The first kappa shape index (κ1) is 24.5. The summed E-state index contributed by atoms with van der Waals surface area (Å²) >= 11 is 0. The SMILES string of the molecule is COc1ccccc1NS(=O)(=O)c1ccc(N/N=C/c2ccc(C(F)(F)F)cc2)c([N+](=O)[O-])c1. The molecule has 0 aliphatic rings. The molecule has 0 radical (unpaired) electrons. The number of hydrogen-bond donors (Lipinski definition) is 2. The van der Waals surface area contributed by atoms with Crippen molar-refractivity contribution in [3.05, 3.63) is 88.0 Å². The summed E-state index contributed by atoms with van der Waals surface area (Å²) < 4.78 is 70.8. The average Bonchev–Trinajstić information content (AvgIpc) is 2.79. The third kappa shape index (κ3) is 5.81. The summed E-state index contributed by atoms with van der Waals surface area (Å²) in [5.74, 6) is 0.261. The van der Waals surface area contributed by atoms with Crippen LogP contribution in [0.5, 0.6) is 5.75 Å². The molecule has 2 N–H and O–H groups in total. The van der Waals surface area contributed by atoms with Crippen molar-refractivity contribution < 1.29 is 31.2 Å². The van der Waals surface area contributed by atoms with Gasteiger partial charge in [0, 0.05) is 6.07 Å². The largest absolute Gasteiger partial charge is 0.495 e. The van der Waals surface area contributed by atoms with Crippen molar-refractivity contribution in [1.82, 2.24) is 0 Å². The Hall–Kier alpha value is -4.13. The van der Waals surface area contributed by atoms with Gasteiger partial charge in [0.25, 0.3) is 15.7 Å². The second-order valence-electron chi connectivity index (χ2n) is 6.73. The fourth-order valence-corrected chi connectivity index (χ4v) is 3.88. The molecule has 0 atom stereocenters. The molecule has 3 aromatic carbocycles. The molecule has 0 aliphatic heterocycles. The van der Waals surface area contributed by atoms with Gasteiger partial charge in [-0.1, -0.05) is 24.3 Å². The normalized spacial score (nSPS) is 11.9. The van der Waals surface area contributed by atoms with E-state index in [-0.39, 0.29) is 22.0 Å². The Morgan fingerprint density at radius 3 is 2.32 bits per heavy atom. The van der Waals surface area contributed by atoms with Crippen LogP contribution in [-0.4, -0.2) is 26.7 Å². The number of ether oxygens (including phenoxy) is 1. The molecule has 3 aromatic rings. The summed E-state index contributed by atoms with van der Waals surface area (Å²) in [5.41, 5.74) is 1.34. The first-order valence-electron chi connectivity index (χ1n) is 9.42. The van der Waals surface area contributed by atoms with E-state index in [2.05, 4.69) is 15.2 Å². The molecule has 0 bridgehead atoms. The number of nitro groups is 1. The summed E-state index contributed by atoms with van der Waals surface area (Å²) in [5, 5.41) is 15.3. The number of nitrogens with zero attached hydrogens (tertiary/aromatic N) is 2. The van der Waals surface area contributed by atoms with Crippen LogP contribution in [0.25, 0.3) is 0 Å². The number of benzene rings is 3. The van der Waals surface area contributed by atoms with Gasteiger partial charge in [-0.2, -0.15) is 18.3 Å². The van der Waals surface area contributed by atoms with Gasteiger partial charge in [0.1, 0.15) is 11.4 Å². The van der Waals surface area contributed by atoms with E-state index in [4.69, 9.17) is 4.74 Å². The van der Waals surface area contributed by atoms with Gasteiger partial charge in [0.2, 0.25) is 0 Å². The summed E-state index contributed by atoms with van der Waals surface area (Å²) in [4.78, 5) is 10.3. The molecule has 34 heavy (non-hydrogen) atoms. The highest BCUT2D eigenvalue weighted by atomic mass is 32.2. The third-order valence-electron chi connectivity index (χ3n) is 4.46. The highest BCUT2D eigenvalue weighted by Gasteiger charge is 2.29. The smallest absolute Gasteiger partial charge is 0.416 e. The van der Waals surface area contributed by atoms with Crippen molar-refractivity contribution in [2.24, 2.45) is 5.10 Å². The minimum Gasteiger partial charge on any atom is -0.495 e. The van der Waals surface area contributed by atoms with E-state index in [9.17, 15) is 31.7 Å². The van der Waals surface area contributed by atoms with Crippen molar-refractivity contribution in [1.29, 1.82) is 0 Å². The Morgan fingerprint density at radius 1 is 1.03 bits per heavy atom. The zero-order valence-corrected chi connectivity index (χ0v) is 18.2. The minimum atomic E-state index is -4.48. The molecule has 0 amide bonds. The first-order chi connectivity index (χ1) is 16.0. The van der Waals surface area contributed by atoms with Crippen molar-refractivity contribution >= 4 is 33.3 Å². The number of hydrazone groups is 1. The van der Waals surface area contributed by atoms with Crippen molar-refractivity contribution in [2.75, 3.05) is 17.3 Å². The third-order valence-corrected chi connectivity index (χ3v) is 5.83.